The maximum Gasteiger partial charge on any atom is 0.408 e. The zero-order chi connectivity index (χ0) is 21.9. The van der Waals surface area contributed by atoms with Gasteiger partial charge in [-0.15, -0.1) is 0 Å². The molecule has 0 spiro atoms. The zero-order valence-electron chi connectivity index (χ0n) is 17.4. The van der Waals surface area contributed by atoms with Gasteiger partial charge in [0.25, 0.3) is 0 Å². The summed E-state index contributed by atoms with van der Waals surface area (Å²) in [5.41, 5.74) is 2.59. The van der Waals surface area contributed by atoms with Crippen LogP contribution >= 0.6 is 0 Å². The van der Waals surface area contributed by atoms with Gasteiger partial charge >= 0.3 is 6.09 Å². The number of methoxy groups -OCH3 is 1. The summed E-state index contributed by atoms with van der Waals surface area (Å²) < 4.78 is 10.7. The lowest BCUT2D eigenvalue weighted by Gasteiger charge is -2.23. The summed E-state index contributed by atoms with van der Waals surface area (Å²) in [7, 11) is 1.52. The second-order valence-electron chi connectivity index (χ2n) is 6.98. The van der Waals surface area contributed by atoms with Crippen LogP contribution in [0, 0.1) is 0 Å². The number of carbonyl (C=O) groups is 2. The maximum atomic E-state index is 13.0. The molecule has 0 bridgehead atoms. The Bertz CT molecular complexity index is 949. The molecule has 0 aliphatic heterocycles. The lowest BCUT2D eigenvalue weighted by molar-refractivity contribution is -0.127. The van der Waals surface area contributed by atoms with Gasteiger partial charge in [0.15, 0.2) is 6.23 Å². The SMILES string of the molecule is CO[C@H](NC(=O)[C@H](Cc1ccccc1)NC(=O)OCc1ccccc1)c1ccccc1. The van der Waals surface area contributed by atoms with Gasteiger partial charge < -0.3 is 20.1 Å². The van der Waals surface area contributed by atoms with E-state index in [2.05, 4.69) is 10.6 Å². The van der Waals surface area contributed by atoms with Crippen molar-refractivity contribution < 1.29 is 19.1 Å². The van der Waals surface area contributed by atoms with Crippen molar-refractivity contribution in [2.75, 3.05) is 7.11 Å². The topological polar surface area (TPSA) is 76.7 Å². The Morgan fingerprint density at radius 3 is 1.90 bits per heavy atom. The van der Waals surface area contributed by atoms with Crippen LogP contribution in [0.25, 0.3) is 0 Å². The third-order valence-corrected chi connectivity index (χ3v) is 4.72. The third-order valence-electron chi connectivity index (χ3n) is 4.72. The van der Waals surface area contributed by atoms with E-state index in [4.69, 9.17) is 9.47 Å². The van der Waals surface area contributed by atoms with E-state index < -0.39 is 18.4 Å². The quantitative estimate of drug-likeness (QED) is 0.515. The molecule has 6 heteroatoms. The van der Waals surface area contributed by atoms with Gasteiger partial charge in [0.1, 0.15) is 12.6 Å². The molecule has 3 aromatic rings. The number of rotatable bonds is 9. The highest BCUT2D eigenvalue weighted by atomic mass is 16.5. The monoisotopic (exact) mass is 418 g/mol. The maximum absolute atomic E-state index is 13.0. The highest BCUT2D eigenvalue weighted by Crippen LogP contribution is 2.14. The van der Waals surface area contributed by atoms with E-state index in [0.29, 0.717) is 6.42 Å². The third kappa shape index (κ3) is 6.97. The Balaban J connectivity index is 1.67. The van der Waals surface area contributed by atoms with Gasteiger partial charge in [0, 0.05) is 19.1 Å². The number of benzene rings is 3. The van der Waals surface area contributed by atoms with Gasteiger partial charge in [-0.3, -0.25) is 4.79 Å². The number of nitrogens with one attached hydrogen (secondary N) is 2. The molecule has 2 N–H and O–H groups in total. The van der Waals surface area contributed by atoms with Gasteiger partial charge in [-0.2, -0.15) is 0 Å². The average molecular weight is 418 g/mol. The number of amides is 2. The number of hydrogen-bond acceptors (Lipinski definition) is 4. The van der Waals surface area contributed by atoms with Gasteiger partial charge in [0.05, 0.1) is 0 Å². The summed E-state index contributed by atoms with van der Waals surface area (Å²) in [5.74, 6) is -0.365. The lowest BCUT2D eigenvalue weighted by atomic mass is 10.1. The summed E-state index contributed by atoms with van der Waals surface area (Å²) in [6.45, 7) is 0.122. The van der Waals surface area contributed by atoms with Crippen LogP contribution < -0.4 is 10.6 Å². The van der Waals surface area contributed by atoms with Gasteiger partial charge in [-0.05, 0) is 11.1 Å². The standard InChI is InChI=1S/C25H26N2O4/c1-30-24(21-15-9-4-10-16-21)27-23(28)22(17-19-11-5-2-6-12-19)26-25(29)31-18-20-13-7-3-8-14-20/h2-16,22,24H,17-18H2,1H3,(H,26,29)(H,27,28)/t22-,24-/m0/s1. The van der Waals surface area contributed by atoms with Crippen LogP contribution in [0.2, 0.25) is 0 Å². The van der Waals surface area contributed by atoms with E-state index in [0.717, 1.165) is 16.7 Å². The van der Waals surface area contributed by atoms with Crippen molar-refractivity contribution in [2.45, 2.75) is 25.3 Å². The molecule has 0 fully saturated rings. The molecule has 0 aliphatic carbocycles. The zero-order valence-corrected chi connectivity index (χ0v) is 17.4. The van der Waals surface area contributed by atoms with E-state index in [-0.39, 0.29) is 12.5 Å². The number of alkyl carbamates (subject to hydrolysis) is 1. The molecular formula is C25H26N2O4. The molecule has 0 radical (unpaired) electrons. The summed E-state index contributed by atoms with van der Waals surface area (Å²) >= 11 is 0. The smallest absolute Gasteiger partial charge is 0.408 e. The Labute approximate surface area is 182 Å². The number of ether oxygens (including phenoxy) is 2. The minimum Gasteiger partial charge on any atom is -0.445 e. The van der Waals surface area contributed by atoms with Crippen molar-refractivity contribution in [2.24, 2.45) is 0 Å². The predicted octanol–water partition coefficient (Wildman–Crippen LogP) is 3.99. The predicted molar refractivity (Wildman–Crippen MR) is 118 cm³/mol. The normalized spacial score (nSPS) is 12.4. The summed E-state index contributed by atoms with van der Waals surface area (Å²) in [4.78, 5) is 25.4. The molecule has 0 heterocycles. The van der Waals surface area contributed by atoms with Crippen LogP contribution in [0.15, 0.2) is 91.0 Å². The van der Waals surface area contributed by atoms with Crippen molar-refractivity contribution in [1.29, 1.82) is 0 Å². The van der Waals surface area contributed by atoms with E-state index in [9.17, 15) is 9.59 Å². The van der Waals surface area contributed by atoms with Crippen LogP contribution in [0.5, 0.6) is 0 Å². The fourth-order valence-electron chi connectivity index (χ4n) is 3.10. The number of hydrogen-bond donors (Lipinski definition) is 2. The Kier molecular flexibility index (Phi) is 8.20. The molecule has 6 nitrogen and oxygen atoms in total. The van der Waals surface area contributed by atoms with Gasteiger partial charge in [-0.25, -0.2) is 4.79 Å². The molecular weight excluding hydrogens is 392 g/mol. The molecule has 2 atom stereocenters. The fraction of sp³-hybridized carbons (Fsp3) is 0.200. The van der Waals surface area contributed by atoms with Gasteiger partial charge in [0.2, 0.25) is 5.91 Å². The summed E-state index contributed by atoms with van der Waals surface area (Å²) in [5, 5.41) is 5.54. The van der Waals surface area contributed by atoms with Crippen molar-refractivity contribution >= 4 is 12.0 Å². The van der Waals surface area contributed by atoms with Crippen LogP contribution in [-0.4, -0.2) is 25.2 Å². The Morgan fingerprint density at radius 2 is 1.32 bits per heavy atom. The van der Waals surface area contributed by atoms with Crippen molar-refractivity contribution in [3.8, 4) is 0 Å². The first-order valence-corrected chi connectivity index (χ1v) is 10.0. The van der Waals surface area contributed by atoms with E-state index >= 15 is 0 Å². The first-order valence-electron chi connectivity index (χ1n) is 10.0. The molecule has 0 unspecified atom stereocenters. The van der Waals surface area contributed by atoms with Crippen molar-refractivity contribution in [3.63, 3.8) is 0 Å². The summed E-state index contributed by atoms with van der Waals surface area (Å²) in [6, 6.07) is 27.4. The minimum atomic E-state index is -0.827. The molecule has 3 aromatic carbocycles. The van der Waals surface area contributed by atoms with Crippen LogP contribution in [0.3, 0.4) is 0 Å². The number of carbonyl (C=O) groups excluding carboxylic acids is 2. The Morgan fingerprint density at radius 1 is 0.774 bits per heavy atom. The molecule has 0 saturated heterocycles. The van der Waals surface area contributed by atoms with E-state index in [1.165, 1.54) is 7.11 Å². The van der Waals surface area contributed by atoms with Crippen molar-refractivity contribution in [3.05, 3.63) is 108 Å². The van der Waals surface area contributed by atoms with E-state index in [1.54, 1.807) is 0 Å². The molecule has 0 saturated carbocycles. The molecule has 3 rings (SSSR count). The van der Waals surface area contributed by atoms with Gasteiger partial charge in [-0.1, -0.05) is 91.0 Å². The average Bonchev–Trinajstić information content (AvgIpc) is 2.82. The molecule has 2 amide bonds. The summed E-state index contributed by atoms with van der Waals surface area (Å²) in [6.07, 6.45) is -0.971. The van der Waals surface area contributed by atoms with Crippen LogP contribution in [-0.2, 0) is 27.3 Å². The van der Waals surface area contributed by atoms with Crippen molar-refractivity contribution in [1.82, 2.24) is 10.6 Å². The lowest BCUT2D eigenvalue weighted by Crippen LogP contribution is -2.49. The van der Waals surface area contributed by atoms with Crippen LogP contribution in [0.4, 0.5) is 4.79 Å². The molecule has 160 valence electrons. The second-order valence-corrected chi connectivity index (χ2v) is 6.98. The molecule has 31 heavy (non-hydrogen) atoms. The molecule has 0 aliphatic rings. The second kappa shape index (κ2) is 11.5. The van der Waals surface area contributed by atoms with Crippen LogP contribution in [0.1, 0.15) is 22.9 Å². The minimum absolute atomic E-state index is 0.122. The first-order chi connectivity index (χ1) is 15.2. The first kappa shape index (κ1) is 22.1. The van der Waals surface area contributed by atoms with E-state index in [1.807, 2.05) is 91.0 Å². The Hall–Kier alpha value is -3.64. The molecule has 0 aromatic heterocycles. The highest BCUT2D eigenvalue weighted by Gasteiger charge is 2.25. The fourth-order valence-corrected chi connectivity index (χ4v) is 3.10. The largest absolute Gasteiger partial charge is 0.445 e. The highest BCUT2D eigenvalue weighted by molar-refractivity contribution is 5.86.